The molecular weight excluding hydrogens is 542 g/mol. The van der Waals surface area contributed by atoms with Crippen LogP contribution in [-0.4, -0.2) is 61.2 Å². The molecule has 38 heavy (non-hydrogen) atoms. The van der Waals surface area contributed by atoms with Crippen LogP contribution in [0.5, 0.6) is 0 Å². The van der Waals surface area contributed by atoms with Gasteiger partial charge in [0.15, 0.2) is 0 Å². The van der Waals surface area contributed by atoms with Crippen LogP contribution in [-0.2, 0) is 25.1 Å². The van der Waals surface area contributed by atoms with Crippen LogP contribution in [0.2, 0.25) is 0 Å². The minimum Gasteiger partial charge on any atom is -0.390 e. The van der Waals surface area contributed by atoms with Crippen molar-refractivity contribution >= 4 is 33.2 Å². The van der Waals surface area contributed by atoms with Gasteiger partial charge in [-0.25, -0.2) is 9.97 Å². The molecule has 1 fully saturated rings. The summed E-state index contributed by atoms with van der Waals surface area (Å²) < 4.78 is 64.6. The number of halogens is 2. The van der Waals surface area contributed by atoms with Gasteiger partial charge in [-0.15, -0.1) is 11.3 Å². The second-order valence-corrected chi connectivity index (χ2v) is 11.4. The van der Waals surface area contributed by atoms with Crippen molar-refractivity contribution < 1.29 is 36.0 Å². The summed E-state index contributed by atoms with van der Waals surface area (Å²) in [7, 11) is -2.79. The lowest BCUT2D eigenvalue weighted by Gasteiger charge is -2.31. The number of rotatable bonds is 8. The maximum atomic E-state index is 14.3. The van der Waals surface area contributed by atoms with Crippen molar-refractivity contribution in [3.05, 3.63) is 75.4 Å². The molecule has 1 aliphatic heterocycles. The number of aliphatic hydroxyl groups is 1. The van der Waals surface area contributed by atoms with E-state index in [0.29, 0.717) is 16.0 Å². The van der Waals surface area contributed by atoms with Gasteiger partial charge in [0.25, 0.3) is 5.92 Å². The number of carbonyl (C=O) groups excluding carboxylic acids is 1. The zero-order chi connectivity index (χ0) is 27.1. The molecule has 0 amide bonds. The molecule has 202 valence electrons. The third-order valence-electron chi connectivity index (χ3n) is 6.48. The van der Waals surface area contributed by atoms with Gasteiger partial charge < -0.3 is 15.2 Å². The van der Waals surface area contributed by atoms with Gasteiger partial charge in [-0.1, -0.05) is 24.3 Å². The van der Waals surface area contributed by atoms with Crippen LogP contribution in [0, 0.1) is 0 Å². The van der Waals surface area contributed by atoms with E-state index in [1.807, 2.05) is 4.72 Å². The van der Waals surface area contributed by atoms with E-state index in [4.69, 9.17) is 8.92 Å². The Morgan fingerprint density at radius 1 is 1.29 bits per heavy atom. The summed E-state index contributed by atoms with van der Waals surface area (Å²) in [5.74, 6) is -3.27. The third-order valence-corrected chi connectivity index (χ3v) is 8.43. The summed E-state index contributed by atoms with van der Waals surface area (Å²) in [6.07, 6.45) is 0.212. The van der Waals surface area contributed by atoms with Crippen molar-refractivity contribution in [2.24, 2.45) is 0 Å². The summed E-state index contributed by atoms with van der Waals surface area (Å²) in [6.45, 7) is -0.762. The van der Waals surface area contributed by atoms with Gasteiger partial charge in [0.1, 0.15) is 31.0 Å². The molecule has 0 radical (unpaired) electrons. The fourth-order valence-corrected chi connectivity index (χ4v) is 6.15. The molecule has 0 spiro atoms. The minimum atomic E-state index is -3.99. The number of nitrogens with one attached hydrogen (secondary N) is 2. The highest BCUT2D eigenvalue weighted by molar-refractivity contribution is 7.84. The number of hydrogen-bond acceptors (Lipinski definition) is 10. The molecule has 1 saturated carbocycles. The van der Waals surface area contributed by atoms with E-state index in [2.05, 4.69) is 15.3 Å². The standard InChI is InChI=1S/C24H24F2N4O6S2/c1-27-38(33,34)36-19-8-14(7-18(19)31)30-23-16(9-28-12-29-23)21(32)20-6-13(10-37-20)22-15-4-2-3-5-17(15)24(25,26)11-35-22/h2-6,9-10,12,14,18-19,22,27,31H,7-8,11H2,1H3,(H,28,29,30)/t14-,18+,19-,22-/m1/s1. The number of fused-ring (bicyclic) bond motifs is 1. The molecule has 1 aromatic carbocycles. The maximum absolute atomic E-state index is 14.3. The van der Waals surface area contributed by atoms with Crippen LogP contribution in [0.15, 0.2) is 48.2 Å². The smallest absolute Gasteiger partial charge is 0.335 e. The van der Waals surface area contributed by atoms with Gasteiger partial charge in [-0.2, -0.15) is 21.9 Å². The Morgan fingerprint density at radius 3 is 2.87 bits per heavy atom. The quantitative estimate of drug-likeness (QED) is 0.351. The molecule has 3 heterocycles. The molecule has 0 saturated heterocycles. The molecular formula is C24H24F2N4O6S2. The number of aliphatic hydroxyl groups excluding tert-OH is 1. The molecule has 2 aliphatic rings. The van der Waals surface area contributed by atoms with Crippen molar-refractivity contribution in [3.63, 3.8) is 0 Å². The number of thiophene rings is 1. The van der Waals surface area contributed by atoms with E-state index in [1.165, 1.54) is 25.6 Å². The van der Waals surface area contributed by atoms with Crippen LogP contribution in [0.1, 0.15) is 50.9 Å². The molecule has 3 N–H and O–H groups in total. The number of carbonyl (C=O) groups is 1. The Kier molecular flexibility index (Phi) is 7.28. The maximum Gasteiger partial charge on any atom is 0.335 e. The van der Waals surface area contributed by atoms with Crippen LogP contribution < -0.4 is 10.0 Å². The van der Waals surface area contributed by atoms with Gasteiger partial charge in [0.05, 0.1) is 16.5 Å². The average Bonchev–Trinajstić information content (AvgIpc) is 3.51. The molecule has 0 bridgehead atoms. The lowest BCUT2D eigenvalue weighted by molar-refractivity contribution is -0.115. The van der Waals surface area contributed by atoms with Gasteiger partial charge >= 0.3 is 10.3 Å². The number of alkyl halides is 2. The largest absolute Gasteiger partial charge is 0.390 e. The van der Waals surface area contributed by atoms with E-state index in [1.54, 1.807) is 29.6 Å². The number of ether oxygens (including phenoxy) is 1. The number of nitrogens with zero attached hydrogens (tertiary/aromatic N) is 2. The summed E-state index contributed by atoms with van der Waals surface area (Å²) in [6, 6.07) is 7.38. The molecule has 5 rings (SSSR count). The predicted octanol–water partition coefficient (Wildman–Crippen LogP) is 2.77. The van der Waals surface area contributed by atoms with Gasteiger partial charge in [-0.3, -0.25) is 8.98 Å². The summed E-state index contributed by atoms with van der Waals surface area (Å²) >= 11 is 1.15. The SMILES string of the molecule is CNS(=O)(=O)O[C@@H]1C[C@H](Nc2ncncc2C(=O)c2cc([C@H]3OCC(F)(F)c4ccccc43)cs2)C[C@@H]1O. The van der Waals surface area contributed by atoms with Crippen LogP contribution in [0.25, 0.3) is 0 Å². The zero-order valence-corrected chi connectivity index (χ0v) is 21.6. The van der Waals surface area contributed by atoms with E-state index in [-0.39, 0.29) is 35.6 Å². The first kappa shape index (κ1) is 26.7. The molecule has 1 aliphatic carbocycles. The summed E-state index contributed by atoms with van der Waals surface area (Å²) in [4.78, 5) is 21.9. The van der Waals surface area contributed by atoms with E-state index in [9.17, 15) is 27.1 Å². The summed E-state index contributed by atoms with van der Waals surface area (Å²) in [5, 5.41) is 15.1. The average molecular weight is 567 g/mol. The van der Waals surface area contributed by atoms with Crippen molar-refractivity contribution in [3.8, 4) is 0 Å². The Labute approximate surface area is 221 Å². The highest BCUT2D eigenvalue weighted by Crippen LogP contribution is 2.43. The van der Waals surface area contributed by atoms with Crippen molar-refractivity contribution in [2.45, 2.75) is 43.1 Å². The van der Waals surface area contributed by atoms with Crippen molar-refractivity contribution in [2.75, 3.05) is 19.0 Å². The number of benzene rings is 1. The molecule has 10 nitrogen and oxygen atoms in total. The Bertz CT molecular complexity index is 1450. The molecule has 4 atom stereocenters. The molecule has 3 aromatic rings. The molecule has 0 unspecified atom stereocenters. The van der Waals surface area contributed by atoms with Gasteiger partial charge in [-0.05, 0) is 35.4 Å². The van der Waals surface area contributed by atoms with Gasteiger partial charge in [0.2, 0.25) is 5.78 Å². The Hall–Kier alpha value is -2.88. The number of anilines is 1. The van der Waals surface area contributed by atoms with Crippen LogP contribution in [0.4, 0.5) is 14.6 Å². The highest BCUT2D eigenvalue weighted by Gasteiger charge is 2.42. The van der Waals surface area contributed by atoms with E-state index < -0.39 is 47.2 Å². The van der Waals surface area contributed by atoms with Crippen molar-refractivity contribution in [1.29, 1.82) is 0 Å². The second-order valence-electron chi connectivity index (χ2n) is 9.01. The first-order chi connectivity index (χ1) is 18.1. The normalized spacial score (nSPS) is 24.6. The molecule has 2 aromatic heterocycles. The highest BCUT2D eigenvalue weighted by atomic mass is 32.2. The molecule has 14 heteroatoms. The fraction of sp³-hybridized carbons (Fsp3) is 0.375. The fourth-order valence-electron chi connectivity index (χ4n) is 4.64. The lowest BCUT2D eigenvalue weighted by atomic mass is 9.92. The number of ketones is 1. The van der Waals surface area contributed by atoms with Gasteiger partial charge in [0, 0.05) is 24.8 Å². The Morgan fingerprint density at radius 2 is 2.08 bits per heavy atom. The Balaban J connectivity index is 1.34. The van der Waals surface area contributed by atoms with Crippen LogP contribution >= 0.6 is 11.3 Å². The van der Waals surface area contributed by atoms with E-state index in [0.717, 1.165) is 11.3 Å². The number of hydrogen-bond donors (Lipinski definition) is 3. The first-order valence-electron chi connectivity index (χ1n) is 11.7. The minimum absolute atomic E-state index is 0.0955. The second kappa shape index (κ2) is 10.4. The monoisotopic (exact) mass is 566 g/mol. The van der Waals surface area contributed by atoms with Crippen LogP contribution in [0.3, 0.4) is 0 Å². The third kappa shape index (κ3) is 5.32. The zero-order valence-electron chi connectivity index (χ0n) is 20.0. The first-order valence-corrected chi connectivity index (χ1v) is 13.9. The predicted molar refractivity (Wildman–Crippen MR) is 133 cm³/mol. The number of aromatic nitrogens is 2. The lowest BCUT2D eigenvalue weighted by Crippen LogP contribution is -2.31. The topological polar surface area (TPSA) is 140 Å². The van der Waals surface area contributed by atoms with E-state index >= 15 is 0 Å². The summed E-state index contributed by atoms with van der Waals surface area (Å²) in [5.41, 5.74) is 1.00. The van der Waals surface area contributed by atoms with Crippen molar-refractivity contribution in [1.82, 2.24) is 14.7 Å².